The van der Waals surface area contributed by atoms with Crippen LogP contribution >= 0.6 is 15.2 Å². The average Bonchev–Trinajstić information content (AvgIpc) is 1.92. The first-order chi connectivity index (χ1) is 6.21. The predicted molar refractivity (Wildman–Crippen MR) is 52.6 cm³/mol. The molecule has 0 aliphatic rings. The Morgan fingerprint density at radius 1 is 0.929 bits per heavy atom. The van der Waals surface area contributed by atoms with E-state index in [4.69, 9.17) is 9.79 Å². The summed E-state index contributed by atoms with van der Waals surface area (Å²) >= 11 is 0. The van der Waals surface area contributed by atoms with Crippen LogP contribution in [0.4, 0.5) is 0 Å². The summed E-state index contributed by atoms with van der Waals surface area (Å²) in [5.74, 6) is 0. The third-order valence-corrected chi connectivity index (χ3v) is 2.52. The molecule has 2 N–H and O–H groups in total. The van der Waals surface area contributed by atoms with Gasteiger partial charge in [-0.05, 0) is 12.8 Å². The fourth-order valence-electron chi connectivity index (χ4n) is 0.672. The molecule has 0 fully saturated rings. The average molecular weight is 246 g/mol. The molecule has 0 rings (SSSR count). The highest BCUT2D eigenvalue weighted by Gasteiger charge is 2.10. The minimum absolute atomic E-state index is 0.146. The van der Waals surface area contributed by atoms with Crippen molar-refractivity contribution in [3.05, 3.63) is 0 Å². The minimum Gasteiger partial charge on any atom is -0.324 e. The summed E-state index contributed by atoms with van der Waals surface area (Å²) in [5, 5.41) is 0. The molecule has 0 saturated carbocycles. The molecule has 2 atom stereocenters. The molecular formula is C6H16O6P2. The molecule has 8 heteroatoms. The van der Waals surface area contributed by atoms with E-state index in [2.05, 4.69) is 9.05 Å². The summed E-state index contributed by atoms with van der Waals surface area (Å²) < 4.78 is 30.4. The zero-order chi connectivity index (χ0) is 11.2. The summed E-state index contributed by atoms with van der Waals surface area (Å²) in [6.45, 7) is 2.51. The predicted octanol–water partition coefficient (Wildman–Crippen LogP) is 1.43. The normalized spacial score (nSPS) is 20.0. The minimum atomic E-state index is -3.39. The van der Waals surface area contributed by atoms with Crippen LogP contribution in [0.15, 0.2) is 0 Å². The second kappa shape index (κ2) is 6.01. The van der Waals surface area contributed by atoms with Gasteiger partial charge in [0.05, 0.1) is 13.2 Å². The molecular weight excluding hydrogens is 230 g/mol. The fourth-order valence-corrected chi connectivity index (χ4v) is 1.61. The SMILES string of the molecule is CP(=O)(O)OCCCCOP(C)(=O)O. The summed E-state index contributed by atoms with van der Waals surface area (Å²) in [7, 11) is -6.78. The van der Waals surface area contributed by atoms with Gasteiger partial charge in [-0.15, -0.1) is 0 Å². The van der Waals surface area contributed by atoms with Gasteiger partial charge < -0.3 is 18.8 Å². The number of hydrogen-bond donors (Lipinski definition) is 2. The van der Waals surface area contributed by atoms with Gasteiger partial charge in [0.1, 0.15) is 0 Å². The Morgan fingerprint density at radius 2 is 1.21 bits per heavy atom. The maximum atomic E-state index is 10.6. The summed E-state index contributed by atoms with van der Waals surface area (Å²) in [5.41, 5.74) is 0. The topological polar surface area (TPSA) is 93.1 Å². The number of hydrogen-bond acceptors (Lipinski definition) is 4. The molecule has 0 radical (unpaired) electrons. The van der Waals surface area contributed by atoms with Crippen LogP contribution in [0.2, 0.25) is 0 Å². The van der Waals surface area contributed by atoms with Gasteiger partial charge in [-0.25, -0.2) is 0 Å². The van der Waals surface area contributed by atoms with Crippen molar-refractivity contribution in [3.8, 4) is 0 Å². The van der Waals surface area contributed by atoms with Gasteiger partial charge in [0.25, 0.3) is 0 Å². The first kappa shape index (κ1) is 14.3. The molecule has 0 aliphatic heterocycles. The summed E-state index contributed by atoms with van der Waals surface area (Å²) in [4.78, 5) is 17.4. The van der Waals surface area contributed by atoms with E-state index in [1.165, 1.54) is 0 Å². The Labute approximate surface area is 83.3 Å². The second-order valence-electron chi connectivity index (χ2n) is 2.98. The molecule has 0 aromatic carbocycles. The molecule has 0 bridgehead atoms. The monoisotopic (exact) mass is 246 g/mol. The zero-order valence-electron chi connectivity index (χ0n) is 8.25. The van der Waals surface area contributed by atoms with Crippen molar-refractivity contribution in [2.24, 2.45) is 0 Å². The van der Waals surface area contributed by atoms with Crippen molar-refractivity contribution in [2.45, 2.75) is 12.8 Å². The Bertz CT molecular complexity index is 215. The van der Waals surface area contributed by atoms with Crippen molar-refractivity contribution in [2.75, 3.05) is 26.5 Å². The van der Waals surface area contributed by atoms with Gasteiger partial charge in [0, 0.05) is 13.3 Å². The largest absolute Gasteiger partial charge is 0.325 e. The van der Waals surface area contributed by atoms with Crippen LogP contribution in [0, 0.1) is 0 Å². The zero-order valence-corrected chi connectivity index (χ0v) is 10.0. The van der Waals surface area contributed by atoms with Gasteiger partial charge in [-0.2, -0.15) is 0 Å². The molecule has 0 aromatic heterocycles. The van der Waals surface area contributed by atoms with E-state index in [0.29, 0.717) is 12.8 Å². The van der Waals surface area contributed by atoms with Crippen LogP contribution in [0.1, 0.15) is 12.8 Å². The molecule has 0 heterocycles. The Balaban J connectivity index is 3.32. The van der Waals surface area contributed by atoms with Crippen LogP contribution in [0.5, 0.6) is 0 Å². The molecule has 0 aromatic rings. The molecule has 0 aliphatic carbocycles. The first-order valence-corrected chi connectivity index (χ1v) is 8.15. The Morgan fingerprint density at radius 3 is 1.43 bits per heavy atom. The lowest BCUT2D eigenvalue weighted by Gasteiger charge is -2.08. The van der Waals surface area contributed by atoms with E-state index in [0.717, 1.165) is 13.3 Å². The van der Waals surface area contributed by atoms with Gasteiger partial charge in [0.15, 0.2) is 0 Å². The Kier molecular flexibility index (Phi) is 6.14. The molecule has 6 nitrogen and oxygen atoms in total. The third kappa shape index (κ3) is 12.3. The van der Waals surface area contributed by atoms with E-state index in [1.54, 1.807) is 0 Å². The van der Waals surface area contributed by atoms with Crippen LogP contribution in [-0.4, -0.2) is 36.3 Å². The highest BCUT2D eigenvalue weighted by Crippen LogP contribution is 2.37. The first-order valence-electron chi connectivity index (χ1n) is 4.10. The van der Waals surface area contributed by atoms with Crippen molar-refractivity contribution in [1.82, 2.24) is 0 Å². The van der Waals surface area contributed by atoms with Gasteiger partial charge >= 0.3 is 15.2 Å². The quantitative estimate of drug-likeness (QED) is 0.521. The van der Waals surface area contributed by atoms with E-state index in [1.807, 2.05) is 0 Å². The van der Waals surface area contributed by atoms with E-state index >= 15 is 0 Å². The highest BCUT2D eigenvalue weighted by atomic mass is 31.2. The van der Waals surface area contributed by atoms with Crippen molar-refractivity contribution in [1.29, 1.82) is 0 Å². The van der Waals surface area contributed by atoms with Gasteiger partial charge in [0.2, 0.25) is 0 Å². The summed E-state index contributed by atoms with van der Waals surface area (Å²) in [6.07, 6.45) is 1.02. The van der Waals surface area contributed by atoms with E-state index in [9.17, 15) is 9.13 Å². The standard InChI is InChI=1S/C6H16O6P2/c1-13(7,8)11-5-3-4-6-12-14(2,9)10/h3-6H2,1-2H3,(H,7,8)(H,9,10). The highest BCUT2D eigenvalue weighted by molar-refractivity contribution is 7.52. The molecule has 2 unspecified atom stereocenters. The number of rotatable bonds is 7. The van der Waals surface area contributed by atoms with E-state index < -0.39 is 15.2 Å². The smallest absolute Gasteiger partial charge is 0.324 e. The molecule has 86 valence electrons. The number of unbranched alkanes of at least 4 members (excludes halogenated alkanes) is 1. The van der Waals surface area contributed by atoms with E-state index in [-0.39, 0.29) is 13.2 Å². The lowest BCUT2D eigenvalue weighted by molar-refractivity contribution is 0.228. The van der Waals surface area contributed by atoms with Crippen molar-refractivity contribution in [3.63, 3.8) is 0 Å². The maximum absolute atomic E-state index is 10.6. The molecule has 0 amide bonds. The van der Waals surface area contributed by atoms with Crippen molar-refractivity contribution < 1.29 is 28.0 Å². The van der Waals surface area contributed by atoms with Crippen LogP contribution < -0.4 is 0 Å². The summed E-state index contributed by atoms with van der Waals surface area (Å²) in [6, 6.07) is 0. The van der Waals surface area contributed by atoms with Crippen LogP contribution in [0.3, 0.4) is 0 Å². The second-order valence-corrected chi connectivity index (χ2v) is 6.71. The van der Waals surface area contributed by atoms with Crippen molar-refractivity contribution >= 4 is 15.2 Å². The fraction of sp³-hybridized carbons (Fsp3) is 1.00. The third-order valence-electron chi connectivity index (χ3n) is 1.20. The van der Waals surface area contributed by atoms with Crippen LogP contribution in [-0.2, 0) is 18.2 Å². The van der Waals surface area contributed by atoms with Crippen LogP contribution in [0.25, 0.3) is 0 Å². The van der Waals surface area contributed by atoms with Gasteiger partial charge in [-0.3, -0.25) is 9.13 Å². The lowest BCUT2D eigenvalue weighted by atomic mass is 10.3. The molecule has 0 saturated heterocycles. The maximum Gasteiger partial charge on any atom is 0.325 e. The lowest BCUT2D eigenvalue weighted by Crippen LogP contribution is -1.96. The molecule has 14 heavy (non-hydrogen) atoms. The molecule has 0 spiro atoms. The Hall–Kier alpha value is 0.300. The van der Waals surface area contributed by atoms with Gasteiger partial charge in [-0.1, -0.05) is 0 Å².